The molecule has 0 unspecified atom stereocenters. The van der Waals surface area contributed by atoms with Crippen LogP contribution in [0.4, 0.5) is 0 Å². The predicted molar refractivity (Wildman–Crippen MR) is 84.0 cm³/mol. The standard InChI is InChI=1S/C18H27NO3/c1-11(2)4-16(20)22-12(3)17(21)19-18-8-13-5-14(9-18)7-15(6-13)10-18/h4,12-15H,5-10H2,1-3H3,(H,19,21)/t12-,13?,14?,15?,18?/m0/s1. The van der Waals surface area contributed by atoms with Crippen LogP contribution >= 0.6 is 0 Å². The number of carbonyl (C=O) groups is 2. The van der Waals surface area contributed by atoms with Gasteiger partial charge in [-0.2, -0.15) is 0 Å². The van der Waals surface area contributed by atoms with Gasteiger partial charge < -0.3 is 10.1 Å². The van der Waals surface area contributed by atoms with E-state index >= 15 is 0 Å². The number of esters is 1. The van der Waals surface area contributed by atoms with E-state index in [0.717, 1.165) is 42.6 Å². The molecule has 1 N–H and O–H groups in total. The third-order valence-corrected chi connectivity index (χ3v) is 5.50. The fraction of sp³-hybridized carbons (Fsp3) is 0.778. The van der Waals surface area contributed by atoms with Crippen LogP contribution in [0.1, 0.15) is 59.3 Å². The van der Waals surface area contributed by atoms with Gasteiger partial charge in [0.2, 0.25) is 0 Å². The van der Waals surface area contributed by atoms with Gasteiger partial charge in [0, 0.05) is 11.6 Å². The molecule has 1 atom stereocenters. The molecule has 4 heteroatoms. The summed E-state index contributed by atoms with van der Waals surface area (Å²) in [5.41, 5.74) is 0.849. The Morgan fingerprint density at radius 3 is 2.05 bits per heavy atom. The first kappa shape index (κ1) is 15.6. The minimum absolute atomic E-state index is 0.0248. The highest BCUT2D eigenvalue weighted by Gasteiger charge is 2.51. The molecule has 0 radical (unpaired) electrons. The topological polar surface area (TPSA) is 55.4 Å². The zero-order valence-electron chi connectivity index (χ0n) is 13.9. The van der Waals surface area contributed by atoms with Crippen molar-refractivity contribution in [2.75, 3.05) is 0 Å². The van der Waals surface area contributed by atoms with Gasteiger partial charge in [0.1, 0.15) is 0 Å². The van der Waals surface area contributed by atoms with Gasteiger partial charge in [-0.1, -0.05) is 5.57 Å². The Kier molecular flexibility index (Phi) is 4.04. The predicted octanol–water partition coefficient (Wildman–Crippen LogP) is 2.97. The van der Waals surface area contributed by atoms with Crippen LogP contribution in [0.15, 0.2) is 11.6 Å². The lowest BCUT2D eigenvalue weighted by atomic mass is 9.53. The van der Waals surface area contributed by atoms with Crippen LogP contribution in [-0.4, -0.2) is 23.5 Å². The number of rotatable bonds is 4. The fourth-order valence-electron chi connectivity index (χ4n) is 5.12. The summed E-state index contributed by atoms with van der Waals surface area (Å²) in [4.78, 5) is 24.1. The van der Waals surface area contributed by atoms with Crippen molar-refractivity contribution in [3.05, 3.63) is 11.6 Å². The molecule has 1 amide bonds. The number of hydrogen-bond acceptors (Lipinski definition) is 3. The van der Waals surface area contributed by atoms with Crippen LogP contribution in [0.25, 0.3) is 0 Å². The molecule has 0 spiro atoms. The Labute approximate surface area is 132 Å². The van der Waals surface area contributed by atoms with E-state index in [-0.39, 0.29) is 11.4 Å². The van der Waals surface area contributed by atoms with E-state index in [2.05, 4.69) is 5.32 Å². The maximum atomic E-state index is 12.4. The number of nitrogens with one attached hydrogen (secondary N) is 1. The van der Waals surface area contributed by atoms with Crippen molar-refractivity contribution in [1.29, 1.82) is 0 Å². The molecule has 122 valence electrons. The Morgan fingerprint density at radius 1 is 1.09 bits per heavy atom. The average Bonchev–Trinajstić information content (AvgIpc) is 2.34. The van der Waals surface area contributed by atoms with E-state index in [1.54, 1.807) is 6.92 Å². The molecule has 0 aromatic rings. The average molecular weight is 305 g/mol. The van der Waals surface area contributed by atoms with Gasteiger partial charge in [-0.15, -0.1) is 0 Å². The van der Waals surface area contributed by atoms with Crippen molar-refractivity contribution in [2.24, 2.45) is 17.8 Å². The van der Waals surface area contributed by atoms with E-state index in [1.807, 2.05) is 13.8 Å². The molecule has 0 aromatic heterocycles. The molecule has 4 saturated carbocycles. The molecule has 4 aliphatic carbocycles. The van der Waals surface area contributed by atoms with Gasteiger partial charge in [0.25, 0.3) is 5.91 Å². The molecule has 4 bridgehead atoms. The Balaban J connectivity index is 1.59. The minimum Gasteiger partial charge on any atom is -0.449 e. The van der Waals surface area contributed by atoms with E-state index in [1.165, 1.54) is 25.3 Å². The molecule has 4 fully saturated rings. The minimum atomic E-state index is -0.726. The Hall–Kier alpha value is -1.32. The third kappa shape index (κ3) is 3.21. The van der Waals surface area contributed by atoms with Gasteiger partial charge in [-0.25, -0.2) is 4.79 Å². The first-order chi connectivity index (χ1) is 10.3. The molecular formula is C18H27NO3. The summed E-state index contributed by atoms with van der Waals surface area (Å²) in [6.07, 6.45) is 8.07. The number of hydrogen-bond donors (Lipinski definition) is 1. The summed E-state index contributed by atoms with van der Waals surface area (Å²) < 4.78 is 5.21. The smallest absolute Gasteiger partial charge is 0.331 e. The first-order valence-corrected chi connectivity index (χ1v) is 8.53. The first-order valence-electron chi connectivity index (χ1n) is 8.53. The summed E-state index contributed by atoms with van der Waals surface area (Å²) in [7, 11) is 0. The zero-order valence-corrected chi connectivity index (χ0v) is 13.9. The Bertz CT molecular complexity index is 469. The third-order valence-electron chi connectivity index (χ3n) is 5.50. The molecule has 0 saturated heterocycles. The second kappa shape index (κ2) is 5.71. The number of allylic oxidation sites excluding steroid dienone is 1. The highest BCUT2D eigenvalue weighted by molar-refractivity contribution is 5.88. The van der Waals surface area contributed by atoms with Gasteiger partial charge >= 0.3 is 5.97 Å². The van der Waals surface area contributed by atoms with Gasteiger partial charge in [0.05, 0.1) is 0 Å². The molecule has 4 rings (SSSR count). The molecule has 22 heavy (non-hydrogen) atoms. The molecular weight excluding hydrogens is 278 g/mol. The summed E-state index contributed by atoms with van der Waals surface area (Å²) in [5, 5.41) is 3.25. The Morgan fingerprint density at radius 2 is 1.59 bits per heavy atom. The van der Waals surface area contributed by atoms with E-state index in [9.17, 15) is 9.59 Å². The van der Waals surface area contributed by atoms with Crippen molar-refractivity contribution < 1.29 is 14.3 Å². The van der Waals surface area contributed by atoms with Crippen molar-refractivity contribution in [1.82, 2.24) is 5.32 Å². The zero-order chi connectivity index (χ0) is 15.9. The normalized spacial score (nSPS) is 36.6. The number of ether oxygens (including phenoxy) is 1. The molecule has 4 nitrogen and oxygen atoms in total. The summed E-state index contributed by atoms with van der Waals surface area (Å²) >= 11 is 0. The van der Waals surface area contributed by atoms with E-state index in [4.69, 9.17) is 4.74 Å². The van der Waals surface area contributed by atoms with Crippen molar-refractivity contribution in [2.45, 2.75) is 70.9 Å². The molecule has 0 aromatic carbocycles. The van der Waals surface area contributed by atoms with Crippen molar-refractivity contribution in [3.8, 4) is 0 Å². The van der Waals surface area contributed by atoms with Crippen LogP contribution < -0.4 is 5.32 Å². The van der Waals surface area contributed by atoms with Crippen LogP contribution in [0, 0.1) is 17.8 Å². The van der Waals surface area contributed by atoms with Crippen LogP contribution in [0.5, 0.6) is 0 Å². The lowest BCUT2D eigenvalue weighted by Gasteiger charge is -2.57. The summed E-state index contributed by atoms with van der Waals surface area (Å²) in [6.45, 7) is 5.33. The fourth-order valence-corrected chi connectivity index (χ4v) is 5.12. The maximum Gasteiger partial charge on any atom is 0.331 e. The largest absolute Gasteiger partial charge is 0.449 e. The van der Waals surface area contributed by atoms with Crippen LogP contribution in [0.3, 0.4) is 0 Å². The van der Waals surface area contributed by atoms with E-state index < -0.39 is 12.1 Å². The second-order valence-corrected chi connectivity index (χ2v) is 7.99. The number of carbonyl (C=O) groups excluding carboxylic acids is 2. The maximum absolute atomic E-state index is 12.4. The van der Waals surface area contributed by atoms with Gasteiger partial charge in [0.15, 0.2) is 6.10 Å². The van der Waals surface area contributed by atoms with Crippen molar-refractivity contribution >= 4 is 11.9 Å². The lowest BCUT2D eigenvalue weighted by molar-refractivity contribution is -0.152. The van der Waals surface area contributed by atoms with E-state index in [0.29, 0.717) is 0 Å². The second-order valence-electron chi connectivity index (χ2n) is 7.99. The number of amides is 1. The quantitative estimate of drug-likeness (QED) is 0.642. The monoisotopic (exact) mass is 305 g/mol. The molecule has 0 aliphatic heterocycles. The highest BCUT2D eigenvalue weighted by atomic mass is 16.5. The van der Waals surface area contributed by atoms with Gasteiger partial charge in [-0.3, -0.25) is 4.79 Å². The van der Waals surface area contributed by atoms with Crippen molar-refractivity contribution in [3.63, 3.8) is 0 Å². The summed E-state index contributed by atoms with van der Waals surface area (Å²) in [6, 6.07) is 0. The molecule has 4 aliphatic rings. The highest BCUT2D eigenvalue weighted by Crippen LogP contribution is 2.55. The summed E-state index contributed by atoms with van der Waals surface area (Å²) in [5.74, 6) is 1.78. The van der Waals surface area contributed by atoms with Gasteiger partial charge in [-0.05, 0) is 77.0 Å². The van der Waals surface area contributed by atoms with Crippen LogP contribution in [0.2, 0.25) is 0 Å². The SMILES string of the molecule is CC(C)=CC(=O)O[C@@H](C)C(=O)NC12CC3CC(CC(C3)C1)C2. The van der Waals surface area contributed by atoms with Crippen LogP contribution in [-0.2, 0) is 14.3 Å². The molecule has 0 heterocycles. The lowest BCUT2D eigenvalue weighted by Crippen LogP contribution is -2.61.